The van der Waals surface area contributed by atoms with Crippen molar-refractivity contribution in [2.75, 3.05) is 0 Å². The van der Waals surface area contributed by atoms with Gasteiger partial charge in [0.2, 0.25) is 0 Å². The average Bonchev–Trinajstić information content (AvgIpc) is 3.43. The van der Waals surface area contributed by atoms with Gasteiger partial charge in [-0.15, -0.1) is 0 Å². The first kappa shape index (κ1) is 29.2. The highest BCUT2D eigenvalue weighted by atomic mass is 35.5. The van der Waals surface area contributed by atoms with Crippen molar-refractivity contribution in [3.63, 3.8) is 0 Å². The van der Waals surface area contributed by atoms with E-state index in [2.05, 4.69) is 16.9 Å². The fraction of sp³-hybridized carbons (Fsp3) is 0.125. The van der Waals surface area contributed by atoms with Crippen LogP contribution in [0.1, 0.15) is 46.6 Å². The van der Waals surface area contributed by atoms with Gasteiger partial charge in [0, 0.05) is 16.5 Å². The summed E-state index contributed by atoms with van der Waals surface area (Å²) in [5.41, 5.74) is 2.42. The van der Waals surface area contributed by atoms with Crippen LogP contribution >= 0.6 is 23.2 Å². The molecule has 214 valence electrons. The summed E-state index contributed by atoms with van der Waals surface area (Å²) < 4.78 is 45.6. The van der Waals surface area contributed by atoms with Gasteiger partial charge in [-0.3, -0.25) is 0 Å². The summed E-state index contributed by atoms with van der Waals surface area (Å²) in [7, 11) is 0. The summed E-state index contributed by atoms with van der Waals surface area (Å²) in [6.07, 6.45) is -2.25. The Labute approximate surface area is 249 Å². The molecular formula is C32H23Cl2F3N2O3. The predicted molar refractivity (Wildman–Crippen MR) is 157 cm³/mol. The molecule has 0 aliphatic rings. The van der Waals surface area contributed by atoms with E-state index in [0.717, 1.165) is 46.3 Å². The van der Waals surface area contributed by atoms with Gasteiger partial charge in [-0.05, 0) is 71.6 Å². The molecule has 1 unspecified atom stereocenters. The summed E-state index contributed by atoms with van der Waals surface area (Å²) in [4.78, 5) is 19.2. The Bertz CT molecular complexity index is 1730. The molecular weight excluding hydrogens is 588 g/mol. The number of nitrogens with one attached hydrogen (secondary N) is 1. The molecule has 5 aromatic rings. The zero-order valence-corrected chi connectivity index (χ0v) is 23.6. The van der Waals surface area contributed by atoms with Crippen molar-refractivity contribution in [1.82, 2.24) is 9.97 Å². The molecule has 1 atom stereocenters. The number of rotatable bonds is 8. The summed E-state index contributed by atoms with van der Waals surface area (Å²) in [5, 5.41) is 10.2. The average molecular weight is 611 g/mol. The van der Waals surface area contributed by atoms with Crippen molar-refractivity contribution in [2.45, 2.75) is 25.4 Å². The first-order chi connectivity index (χ1) is 20.0. The molecule has 0 saturated carbocycles. The van der Waals surface area contributed by atoms with Gasteiger partial charge in [0.05, 0.1) is 28.0 Å². The highest BCUT2D eigenvalue weighted by molar-refractivity contribution is 6.36. The quantitative estimate of drug-likeness (QED) is 0.183. The normalized spacial score (nSPS) is 12.2. The number of benzene rings is 4. The molecule has 0 spiro atoms. The predicted octanol–water partition coefficient (Wildman–Crippen LogP) is 10.1. The van der Waals surface area contributed by atoms with Crippen LogP contribution in [-0.2, 0) is 6.18 Å². The van der Waals surface area contributed by atoms with Gasteiger partial charge in [0.15, 0.2) is 0 Å². The van der Waals surface area contributed by atoms with Crippen LogP contribution in [0.5, 0.6) is 11.5 Å². The maximum Gasteiger partial charge on any atom is 0.417 e. The Morgan fingerprint density at radius 3 is 2.17 bits per heavy atom. The Hall–Kier alpha value is -4.27. The molecule has 1 heterocycles. The monoisotopic (exact) mass is 610 g/mol. The number of halogens is 5. The lowest BCUT2D eigenvalue weighted by molar-refractivity contribution is -0.138. The van der Waals surface area contributed by atoms with Crippen LogP contribution in [0.2, 0.25) is 10.0 Å². The van der Waals surface area contributed by atoms with Crippen LogP contribution in [-0.4, -0.2) is 21.0 Å². The number of aromatic carboxylic acids is 1. The molecule has 5 nitrogen and oxygen atoms in total. The van der Waals surface area contributed by atoms with E-state index < -0.39 is 23.3 Å². The third-order valence-corrected chi connectivity index (χ3v) is 7.37. The first-order valence-electron chi connectivity index (χ1n) is 12.9. The number of nitrogens with zero attached hydrogens (tertiary/aromatic N) is 1. The Balaban J connectivity index is 1.31. The maximum atomic E-state index is 13.3. The van der Waals surface area contributed by atoms with E-state index in [1.165, 1.54) is 6.07 Å². The number of aromatic nitrogens is 2. The third-order valence-electron chi connectivity index (χ3n) is 6.82. The third kappa shape index (κ3) is 6.30. The van der Waals surface area contributed by atoms with E-state index in [9.17, 15) is 18.0 Å². The highest BCUT2D eigenvalue weighted by Gasteiger charge is 2.36. The number of carboxylic acids is 1. The summed E-state index contributed by atoms with van der Waals surface area (Å²) >= 11 is 12.4. The molecule has 0 radical (unpaired) electrons. The Morgan fingerprint density at radius 2 is 1.57 bits per heavy atom. The number of hydrogen-bond acceptors (Lipinski definition) is 3. The van der Waals surface area contributed by atoms with Crippen LogP contribution in [0.15, 0.2) is 91.1 Å². The largest absolute Gasteiger partial charge is 0.478 e. The van der Waals surface area contributed by atoms with Gasteiger partial charge in [0.25, 0.3) is 0 Å². The van der Waals surface area contributed by atoms with E-state index >= 15 is 0 Å². The minimum absolute atomic E-state index is 0.0313. The first-order valence-corrected chi connectivity index (χ1v) is 13.6. The van der Waals surface area contributed by atoms with Crippen LogP contribution in [0, 0.1) is 0 Å². The molecule has 0 aliphatic carbocycles. The summed E-state index contributed by atoms with van der Waals surface area (Å²) in [6.45, 7) is 2.08. The van der Waals surface area contributed by atoms with Crippen molar-refractivity contribution >= 4 is 29.2 Å². The topological polar surface area (TPSA) is 75.2 Å². The minimum atomic E-state index is -4.83. The van der Waals surface area contributed by atoms with Crippen LogP contribution in [0.4, 0.5) is 13.2 Å². The number of aromatic amines is 1. The zero-order valence-electron chi connectivity index (χ0n) is 22.0. The van der Waals surface area contributed by atoms with E-state index in [0.29, 0.717) is 21.9 Å². The minimum Gasteiger partial charge on any atom is -0.478 e. The summed E-state index contributed by atoms with van der Waals surface area (Å²) in [6, 6.07) is 23.0. The van der Waals surface area contributed by atoms with Crippen molar-refractivity contribution in [2.24, 2.45) is 0 Å². The van der Waals surface area contributed by atoms with Gasteiger partial charge in [-0.2, -0.15) is 13.2 Å². The summed E-state index contributed by atoms with van der Waals surface area (Å²) in [5.74, 6) is -0.616. The highest BCUT2D eigenvalue weighted by Crippen LogP contribution is 2.37. The van der Waals surface area contributed by atoms with Gasteiger partial charge in [-0.25, -0.2) is 9.78 Å². The molecule has 1 aromatic heterocycles. The van der Waals surface area contributed by atoms with Crippen molar-refractivity contribution in [3.05, 3.63) is 124 Å². The maximum absolute atomic E-state index is 13.3. The van der Waals surface area contributed by atoms with E-state index in [4.69, 9.17) is 33.0 Å². The second-order valence-corrected chi connectivity index (χ2v) is 10.4. The fourth-order valence-electron chi connectivity index (χ4n) is 4.71. The van der Waals surface area contributed by atoms with E-state index in [1.54, 1.807) is 42.6 Å². The van der Waals surface area contributed by atoms with Crippen molar-refractivity contribution in [1.29, 1.82) is 0 Å². The number of carbonyl (C=O) groups is 1. The Morgan fingerprint density at radius 1 is 0.929 bits per heavy atom. The second kappa shape index (κ2) is 11.9. The van der Waals surface area contributed by atoms with Crippen molar-refractivity contribution < 1.29 is 27.8 Å². The lowest BCUT2D eigenvalue weighted by Crippen LogP contribution is -2.12. The van der Waals surface area contributed by atoms with Gasteiger partial charge in [-0.1, -0.05) is 66.5 Å². The number of carboxylic acid groups (broad SMARTS) is 1. The lowest BCUT2D eigenvalue weighted by Gasteiger charge is -2.14. The smallest absolute Gasteiger partial charge is 0.417 e. The second-order valence-electron chi connectivity index (χ2n) is 9.53. The molecule has 10 heteroatoms. The Kier molecular flexibility index (Phi) is 8.29. The molecule has 0 bridgehead atoms. The molecule has 0 fully saturated rings. The van der Waals surface area contributed by atoms with Crippen LogP contribution in [0.25, 0.3) is 22.4 Å². The fourth-order valence-corrected chi connectivity index (χ4v) is 5.22. The lowest BCUT2D eigenvalue weighted by atomic mass is 9.93. The molecule has 0 aliphatic heterocycles. The van der Waals surface area contributed by atoms with Gasteiger partial charge < -0.3 is 14.8 Å². The molecule has 5 rings (SSSR count). The number of alkyl halides is 3. The zero-order chi connectivity index (χ0) is 30.0. The molecule has 42 heavy (non-hydrogen) atoms. The van der Waals surface area contributed by atoms with E-state index in [-0.39, 0.29) is 11.7 Å². The van der Waals surface area contributed by atoms with Crippen LogP contribution in [0.3, 0.4) is 0 Å². The van der Waals surface area contributed by atoms with E-state index in [1.807, 2.05) is 30.3 Å². The SMILES string of the molecule is CCC(c1ccc(-c2ccc(Oc3ccc(C(=O)O)c(C(F)(F)F)c3)cc2)cc1)c1ncc(-c2ccc(Cl)cc2Cl)[nH]1. The number of hydrogen-bond donors (Lipinski definition) is 2. The number of imidazole rings is 1. The van der Waals surface area contributed by atoms with Gasteiger partial charge in [0.1, 0.15) is 17.3 Å². The van der Waals surface area contributed by atoms with Crippen LogP contribution < -0.4 is 4.74 Å². The number of ether oxygens (including phenoxy) is 1. The molecule has 2 N–H and O–H groups in total. The van der Waals surface area contributed by atoms with Gasteiger partial charge >= 0.3 is 12.1 Å². The standard InChI is InChI=1S/C32H23Cl2F3N2O3/c1-2-24(30-38-17-29(39-30)26-13-9-21(33)15-28(26)34)20-5-3-18(4-6-20)19-7-10-22(11-8-19)42-23-12-14-25(31(40)41)27(16-23)32(35,36)37/h3-17,24H,2H2,1H3,(H,38,39)(H,40,41). The van der Waals surface area contributed by atoms with Crippen molar-refractivity contribution in [3.8, 4) is 33.9 Å². The molecule has 0 amide bonds. The molecule has 0 saturated heterocycles. The number of H-pyrrole nitrogens is 1. The molecule has 4 aromatic carbocycles.